The Kier molecular flexibility index (Phi) is 4.38. The van der Waals surface area contributed by atoms with Gasteiger partial charge in [0.25, 0.3) is 0 Å². The lowest BCUT2D eigenvalue weighted by atomic mass is 9.91. The Hall–Kier alpha value is -2.34. The van der Waals surface area contributed by atoms with E-state index in [4.69, 9.17) is 0 Å². The fraction of sp³-hybridized carbons (Fsp3) is 0.545. The zero-order valence-electron chi connectivity index (χ0n) is 16.2. The Labute approximate surface area is 165 Å². The molecule has 2 N–H and O–H groups in total. The minimum absolute atomic E-state index is 0.0800. The van der Waals surface area contributed by atoms with Crippen LogP contribution in [0.2, 0.25) is 0 Å². The van der Waals surface area contributed by atoms with E-state index in [1.54, 1.807) is 0 Å². The molecule has 2 heterocycles. The maximum Gasteiger partial charge on any atom is 0.225 e. The zero-order valence-corrected chi connectivity index (χ0v) is 16.2. The topological polar surface area (TPSA) is 72.5 Å². The number of aromatic amines is 1. The summed E-state index contributed by atoms with van der Waals surface area (Å²) in [7, 11) is 0. The first-order valence-corrected chi connectivity index (χ1v) is 10.5. The summed E-state index contributed by atoms with van der Waals surface area (Å²) in [6.45, 7) is 3.09. The van der Waals surface area contributed by atoms with Gasteiger partial charge in [0.15, 0.2) is 5.82 Å². The van der Waals surface area contributed by atoms with Crippen molar-refractivity contribution in [2.75, 3.05) is 31.1 Å². The Morgan fingerprint density at radius 2 is 1.86 bits per heavy atom. The van der Waals surface area contributed by atoms with Gasteiger partial charge in [0.05, 0.1) is 5.60 Å². The van der Waals surface area contributed by atoms with Gasteiger partial charge in [-0.05, 0) is 37.7 Å². The molecule has 2 unspecified atom stereocenters. The van der Waals surface area contributed by atoms with E-state index in [0.29, 0.717) is 18.8 Å². The maximum absolute atomic E-state index is 13.0. The molecule has 2 aliphatic carbocycles. The van der Waals surface area contributed by atoms with Gasteiger partial charge >= 0.3 is 0 Å². The standard InChI is InChI=1S/C22H28N4O2/c27-21(17-8-9-22(28,15-17)18-4-2-1-3-5-18)26-12-10-25(11-13-26)20-14-19(23-24-20)16-6-7-16/h1-5,14,16-17,28H,6-13,15H2,(H,23,24). The lowest BCUT2D eigenvalue weighted by Gasteiger charge is -2.36. The predicted molar refractivity (Wildman–Crippen MR) is 107 cm³/mol. The molecule has 148 valence electrons. The van der Waals surface area contributed by atoms with Crippen molar-refractivity contribution in [3.63, 3.8) is 0 Å². The second kappa shape index (κ2) is 6.92. The Morgan fingerprint density at radius 1 is 1.11 bits per heavy atom. The van der Waals surface area contributed by atoms with E-state index in [2.05, 4.69) is 21.2 Å². The van der Waals surface area contributed by atoms with Crippen LogP contribution in [0.25, 0.3) is 0 Å². The quantitative estimate of drug-likeness (QED) is 0.855. The summed E-state index contributed by atoms with van der Waals surface area (Å²) in [5.74, 6) is 1.80. The summed E-state index contributed by atoms with van der Waals surface area (Å²) in [6, 6.07) is 12.0. The molecule has 5 rings (SSSR count). The van der Waals surface area contributed by atoms with Crippen LogP contribution in [0.15, 0.2) is 36.4 Å². The molecule has 3 aliphatic rings. The Balaban J connectivity index is 1.18. The molecule has 6 nitrogen and oxygen atoms in total. The van der Waals surface area contributed by atoms with E-state index in [1.807, 2.05) is 35.2 Å². The van der Waals surface area contributed by atoms with Crippen molar-refractivity contribution < 1.29 is 9.90 Å². The average molecular weight is 380 g/mol. The summed E-state index contributed by atoms with van der Waals surface area (Å²) in [6.07, 6.45) is 4.47. The van der Waals surface area contributed by atoms with Crippen LogP contribution in [0.1, 0.15) is 49.3 Å². The monoisotopic (exact) mass is 380 g/mol. The number of rotatable bonds is 4. The highest BCUT2D eigenvalue weighted by molar-refractivity contribution is 5.79. The van der Waals surface area contributed by atoms with E-state index in [9.17, 15) is 9.90 Å². The highest BCUT2D eigenvalue weighted by Gasteiger charge is 2.43. The van der Waals surface area contributed by atoms with Crippen LogP contribution < -0.4 is 4.90 Å². The molecule has 2 atom stereocenters. The summed E-state index contributed by atoms with van der Waals surface area (Å²) in [5, 5.41) is 18.7. The summed E-state index contributed by atoms with van der Waals surface area (Å²) >= 11 is 0. The van der Waals surface area contributed by atoms with Crippen LogP contribution in [0.3, 0.4) is 0 Å². The van der Waals surface area contributed by atoms with E-state index in [0.717, 1.165) is 44.0 Å². The number of aromatic nitrogens is 2. The van der Waals surface area contributed by atoms with Crippen LogP contribution in [0.5, 0.6) is 0 Å². The predicted octanol–water partition coefficient (Wildman–Crippen LogP) is 2.62. The number of anilines is 1. The number of hydrogen-bond acceptors (Lipinski definition) is 4. The Bertz CT molecular complexity index is 839. The molecular formula is C22H28N4O2. The fourth-order valence-electron chi connectivity index (χ4n) is 4.75. The molecule has 2 aromatic rings. The lowest BCUT2D eigenvalue weighted by molar-refractivity contribution is -0.136. The number of nitrogens with one attached hydrogen (secondary N) is 1. The number of amides is 1. The van der Waals surface area contributed by atoms with E-state index in [-0.39, 0.29) is 11.8 Å². The lowest BCUT2D eigenvalue weighted by Crippen LogP contribution is -2.50. The third-order valence-corrected chi connectivity index (χ3v) is 6.67. The van der Waals surface area contributed by atoms with Gasteiger partial charge in [0.1, 0.15) is 0 Å². The molecule has 2 saturated carbocycles. The number of H-pyrrole nitrogens is 1. The van der Waals surface area contributed by atoms with Crippen LogP contribution >= 0.6 is 0 Å². The van der Waals surface area contributed by atoms with Gasteiger partial charge in [-0.3, -0.25) is 9.89 Å². The molecule has 28 heavy (non-hydrogen) atoms. The molecule has 1 saturated heterocycles. The second-order valence-electron chi connectivity index (χ2n) is 8.61. The molecule has 6 heteroatoms. The highest BCUT2D eigenvalue weighted by atomic mass is 16.3. The molecule has 0 spiro atoms. The smallest absolute Gasteiger partial charge is 0.225 e. The SMILES string of the molecule is O=C(C1CCC(O)(c2ccccc2)C1)N1CCN(c2cc(C3CC3)[nH]n2)CC1. The Morgan fingerprint density at radius 3 is 2.57 bits per heavy atom. The van der Waals surface area contributed by atoms with Gasteiger partial charge in [0, 0.05) is 49.8 Å². The molecule has 1 aromatic heterocycles. The van der Waals surface area contributed by atoms with E-state index in [1.165, 1.54) is 18.5 Å². The molecule has 3 fully saturated rings. The molecule has 0 radical (unpaired) electrons. The van der Waals surface area contributed by atoms with Crippen molar-refractivity contribution >= 4 is 11.7 Å². The first-order valence-electron chi connectivity index (χ1n) is 10.5. The summed E-state index contributed by atoms with van der Waals surface area (Å²) in [5.41, 5.74) is 1.32. The average Bonchev–Trinajstić information content (AvgIpc) is 3.33. The zero-order chi connectivity index (χ0) is 19.1. The van der Waals surface area contributed by atoms with Gasteiger partial charge in [-0.2, -0.15) is 5.10 Å². The van der Waals surface area contributed by atoms with Crippen LogP contribution in [-0.4, -0.2) is 52.3 Å². The van der Waals surface area contributed by atoms with Crippen LogP contribution in [-0.2, 0) is 10.4 Å². The van der Waals surface area contributed by atoms with Crippen molar-refractivity contribution in [1.29, 1.82) is 0 Å². The number of nitrogens with zero attached hydrogens (tertiary/aromatic N) is 3. The fourth-order valence-corrected chi connectivity index (χ4v) is 4.75. The molecule has 0 bridgehead atoms. The van der Waals surface area contributed by atoms with Crippen molar-refractivity contribution in [3.8, 4) is 0 Å². The summed E-state index contributed by atoms with van der Waals surface area (Å²) in [4.78, 5) is 17.3. The van der Waals surface area contributed by atoms with Crippen molar-refractivity contribution in [2.45, 2.75) is 43.6 Å². The van der Waals surface area contributed by atoms with E-state index >= 15 is 0 Å². The molecule has 1 aliphatic heterocycles. The first-order chi connectivity index (χ1) is 13.6. The minimum Gasteiger partial charge on any atom is -0.385 e. The number of hydrogen-bond donors (Lipinski definition) is 2. The summed E-state index contributed by atoms with van der Waals surface area (Å²) < 4.78 is 0. The number of piperazine rings is 1. The van der Waals surface area contributed by atoms with Gasteiger partial charge < -0.3 is 14.9 Å². The van der Waals surface area contributed by atoms with Crippen molar-refractivity contribution in [3.05, 3.63) is 47.7 Å². The van der Waals surface area contributed by atoms with Crippen LogP contribution in [0.4, 0.5) is 5.82 Å². The maximum atomic E-state index is 13.0. The van der Waals surface area contributed by atoms with Crippen molar-refractivity contribution in [1.82, 2.24) is 15.1 Å². The molecular weight excluding hydrogens is 352 g/mol. The van der Waals surface area contributed by atoms with Crippen LogP contribution in [0, 0.1) is 5.92 Å². The highest BCUT2D eigenvalue weighted by Crippen LogP contribution is 2.43. The number of aliphatic hydroxyl groups is 1. The third-order valence-electron chi connectivity index (χ3n) is 6.67. The van der Waals surface area contributed by atoms with Gasteiger partial charge in [-0.1, -0.05) is 30.3 Å². The number of carbonyl (C=O) groups excluding carboxylic acids is 1. The van der Waals surface area contributed by atoms with E-state index < -0.39 is 5.60 Å². The first kappa shape index (κ1) is 17.7. The van der Waals surface area contributed by atoms with Gasteiger partial charge in [-0.15, -0.1) is 0 Å². The second-order valence-corrected chi connectivity index (χ2v) is 8.61. The largest absolute Gasteiger partial charge is 0.385 e. The number of benzene rings is 1. The number of carbonyl (C=O) groups is 1. The van der Waals surface area contributed by atoms with Gasteiger partial charge in [0.2, 0.25) is 5.91 Å². The molecule has 1 amide bonds. The third kappa shape index (κ3) is 3.30. The van der Waals surface area contributed by atoms with Crippen molar-refractivity contribution in [2.24, 2.45) is 5.92 Å². The minimum atomic E-state index is -0.863. The molecule has 1 aromatic carbocycles. The normalized spacial score (nSPS) is 28.0. The van der Waals surface area contributed by atoms with Gasteiger partial charge in [-0.25, -0.2) is 0 Å².